The molecule has 13 heavy (non-hydrogen) atoms. The van der Waals surface area contributed by atoms with Crippen molar-refractivity contribution in [1.82, 2.24) is 0 Å². The van der Waals surface area contributed by atoms with Gasteiger partial charge in [0.15, 0.2) is 0 Å². The zero-order valence-corrected chi connectivity index (χ0v) is 8.16. The van der Waals surface area contributed by atoms with Gasteiger partial charge in [-0.05, 0) is 31.0 Å². The highest BCUT2D eigenvalue weighted by Crippen LogP contribution is 2.23. The first-order valence-electron chi connectivity index (χ1n) is 3.88. The fourth-order valence-electron chi connectivity index (χ4n) is 1.07. The Kier molecular flexibility index (Phi) is 2.94. The smallest absolute Gasteiger partial charge is 0.147 e. The normalized spacial score (nSPS) is 10.1. The monoisotopic (exact) mass is 199 g/mol. The second-order valence-electron chi connectivity index (χ2n) is 3.10. The molecule has 2 N–H and O–H groups in total. The number of allylic oxidation sites excluding steroid dienone is 1. The summed E-state index contributed by atoms with van der Waals surface area (Å²) < 4.78 is 12.9. The van der Waals surface area contributed by atoms with Gasteiger partial charge in [0.05, 0.1) is 5.69 Å². The summed E-state index contributed by atoms with van der Waals surface area (Å²) in [6.07, 6.45) is 0.628. The van der Waals surface area contributed by atoms with Crippen LogP contribution >= 0.6 is 11.6 Å². The van der Waals surface area contributed by atoms with Gasteiger partial charge in [-0.3, -0.25) is 0 Å². The predicted octanol–water partition coefficient (Wildman–Crippen LogP) is 3.18. The first kappa shape index (κ1) is 10.1. The van der Waals surface area contributed by atoms with Crippen molar-refractivity contribution >= 4 is 17.3 Å². The molecule has 0 aliphatic carbocycles. The van der Waals surface area contributed by atoms with E-state index in [1.807, 2.05) is 6.92 Å². The highest BCUT2D eigenvalue weighted by atomic mass is 35.5. The summed E-state index contributed by atoms with van der Waals surface area (Å²) in [6, 6.07) is 2.78. The van der Waals surface area contributed by atoms with Crippen molar-refractivity contribution < 1.29 is 4.39 Å². The van der Waals surface area contributed by atoms with Crippen LogP contribution in [0.5, 0.6) is 0 Å². The Balaban J connectivity index is 3.08. The molecule has 0 saturated heterocycles. The van der Waals surface area contributed by atoms with Crippen LogP contribution in [0.1, 0.15) is 12.5 Å². The SMILES string of the molecule is C=C(C)Cc1cc(N)c(F)cc1Cl. The minimum absolute atomic E-state index is 0.126. The summed E-state index contributed by atoms with van der Waals surface area (Å²) in [7, 11) is 0. The molecule has 0 spiro atoms. The Labute approximate surface area is 82.0 Å². The number of nitrogens with two attached hydrogens (primary N) is 1. The lowest BCUT2D eigenvalue weighted by Gasteiger charge is -2.05. The Morgan fingerprint density at radius 1 is 1.62 bits per heavy atom. The molecule has 0 aliphatic rings. The summed E-state index contributed by atoms with van der Waals surface area (Å²) in [5, 5.41) is 0.398. The Bertz CT molecular complexity index is 347. The molecule has 0 radical (unpaired) electrons. The van der Waals surface area contributed by atoms with E-state index >= 15 is 0 Å². The van der Waals surface area contributed by atoms with Crippen LogP contribution in [0, 0.1) is 5.82 Å². The maximum absolute atomic E-state index is 12.9. The molecule has 0 bridgehead atoms. The molecule has 0 heterocycles. The lowest BCUT2D eigenvalue weighted by molar-refractivity contribution is 0.632. The molecular weight excluding hydrogens is 189 g/mol. The summed E-state index contributed by atoms with van der Waals surface area (Å²) in [4.78, 5) is 0. The summed E-state index contributed by atoms with van der Waals surface area (Å²) >= 11 is 5.81. The number of halogens is 2. The van der Waals surface area contributed by atoms with Gasteiger partial charge in [-0.2, -0.15) is 0 Å². The zero-order valence-electron chi connectivity index (χ0n) is 7.40. The minimum Gasteiger partial charge on any atom is -0.396 e. The van der Waals surface area contributed by atoms with E-state index in [2.05, 4.69) is 6.58 Å². The maximum Gasteiger partial charge on any atom is 0.147 e. The van der Waals surface area contributed by atoms with Crippen LogP contribution in [0.2, 0.25) is 5.02 Å². The van der Waals surface area contributed by atoms with E-state index in [0.29, 0.717) is 11.4 Å². The topological polar surface area (TPSA) is 26.0 Å². The standard InChI is InChI=1S/C10H11ClFN/c1-6(2)3-7-4-10(13)9(12)5-8(7)11/h4-5H,1,3,13H2,2H3. The quantitative estimate of drug-likeness (QED) is 0.575. The Morgan fingerprint density at radius 3 is 2.77 bits per heavy atom. The third-order valence-electron chi connectivity index (χ3n) is 1.66. The van der Waals surface area contributed by atoms with Crippen LogP contribution in [-0.4, -0.2) is 0 Å². The van der Waals surface area contributed by atoms with E-state index in [1.54, 1.807) is 6.07 Å². The first-order chi connectivity index (χ1) is 6.00. The van der Waals surface area contributed by atoms with Crippen LogP contribution in [0.3, 0.4) is 0 Å². The van der Waals surface area contributed by atoms with Gasteiger partial charge >= 0.3 is 0 Å². The van der Waals surface area contributed by atoms with Gasteiger partial charge in [0.25, 0.3) is 0 Å². The van der Waals surface area contributed by atoms with E-state index in [4.69, 9.17) is 17.3 Å². The molecule has 0 amide bonds. The lowest BCUT2D eigenvalue weighted by atomic mass is 10.1. The largest absolute Gasteiger partial charge is 0.396 e. The molecule has 70 valence electrons. The Morgan fingerprint density at radius 2 is 2.23 bits per heavy atom. The molecule has 0 fully saturated rings. The molecule has 1 rings (SSSR count). The summed E-state index contributed by atoms with van der Waals surface area (Å²) in [6.45, 7) is 5.64. The summed E-state index contributed by atoms with van der Waals surface area (Å²) in [5.41, 5.74) is 7.31. The number of hydrogen-bond donors (Lipinski definition) is 1. The van der Waals surface area contributed by atoms with Crippen molar-refractivity contribution in [2.24, 2.45) is 0 Å². The van der Waals surface area contributed by atoms with Crippen LogP contribution in [-0.2, 0) is 6.42 Å². The van der Waals surface area contributed by atoms with E-state index < -0.39 is 5.82 Å². The molecule has 3 heteroatoms. The fourth-order valence-corrected chi connectivity index (χ4v) is 1.29. The number of hydrogen-bond acceptors (Lipinski definition) is 1. The van der Waals surface area contributed by atoms with Crippen molar-refractivity contribution in [3.63, 3.8) is 0 Å². The van der Waals surface area contributed by atoms with Crippen molar-refractivity contribution in [2.45, 2.75) is 13.3 Å². The van der Waals surface area contributed by atoms with Gasteiger partial charge in [-0.1, -0.05) is 23.8 Å². The predicted molar refractivity (Wildman–Crippen MR) is 54.3 cm³/mol. The molecule has 0 atom stereocenters. The maximum atomic E-state index is 12.9. The van der Waals surface area contributed by atoms with Gasteiger partial charge in [0, 0.05) is 5.02 Å². The molecular formula is C10H11ClFN. The molecule has 1 aromatic rings. The van der Waals surface area contributed by atoms with E-state index in [0.717, 1.165) is 11.1 Å². The van der Waals surface area contributed by atoms with E-state index in [9.17, 15) is 4.39 Å². The molecule has 0 aliphatic heterocycles. The fraction of sp³-hybridized carbons (Fsp3) is 0.200. The molecule has 0 aromatic heterocycles. The number of benzene rings is 1. The number of rotatable bonds is 2. The molecule has 0 saturated carbocycles. The van der Waals surface area contributed by atoms with Crippen molar-refractivity contribution in [2.75, 3.05) is 5.73 Å². The van der Waals surface area contributed by atoms with E-state index in [-0.39, 0.29) is 5.69 Å². The van der Waals surface area contributed by atoms with Crippen molar-refractivity contribution in [3.05, 3.63) is 40.7 Å². The zero-order chi connectivity index (χ0) is 10.0. The lowest BCUT2D eigenvalue weighted by Crippen LogP contribution is -1.95. The highest BCUT2D eigenvalue weighted by Gasteiger charge is 2.05. The van der Waals surface area contributed by atoms with Crippen molar-refractivity contribution in [3.8, 4) is 0 Å². The van der Waals surface area contributed by atoms with Gasteiger partial charge in [0.1, 0.15) is 5.82 Å². The van der Waals surface area contributed by atoms with Crippen LogP contribution in [0.25, 0.3) is 0 Å². The molecule has 1 aromatic carbocycles. The van der Waals surface area contributed by atoms with Crippen LogP contribution in [0.4, 0.5) is 10.1 Å². The highest BCUT2D eigenvalue weighted by molar-refractivity contribution is 6.31. The third-order valence-corrected chi connectivity index (χ3v) is 2.01. The van der Waals surface area contributed by atoms with Gasteiger partial charge in [-0.15, -0.1) is 0 Å². The van der Waals surface area contributed by atoms with E-state index in [1.165, 1.54) is 6.07 Å². The molecule has 1 nitrogen and oxygen atoms in total. The van der Waals surface area contributed by atoms with Crippen LogP contribution < -0.4 is 5.73 Å². The number of anilines is 1. The second-order valence-corrected chi connectivity index (χ2v) is 3.51. The number of nitrogen functional groups attached to an aromatic ring is 1. The first-order valence-corrected chi connectivity index (χ1v) is 4.26. The van der Waals surface area contributed by atoms with Gasteiger partial charge < -0.3 is 5.73 Å². The summed E-state index contributed by atoms with van der Waals surface area (Å²) in [5.74, 6) is -0.476. The third kappa shape index (κ3) is 2.46. The van der Waals surface area contributed by atoms with Gasteiger partial charge in [0.2, 0.25) is 0 Å². The average molecular weight is 200 g/mol. The van der Waals surface area contributed by atoms with Crippen LogP contribution in [0.15, 0.2) is 24.3 Å². The average Bonchev–Trinajstić information content (AvgIpc) is 1.99. The second kappa shape index (κ2) is 3.79. The van der Waals surface area contributed by atoms with Gasteiger partial charge in [-0.25, -0.2) is 4.39 Å². The van der Waals surface area contributed by atoms with Crippen molar-refractivity contribution in [1.29, 1.82) is 0 Å². The minimum atomic E-state index is -0.476. The Hall–Kier alpha value is -1.02. The molecule has 0 unspecified atom stereocenters.